The minimum absolute atomic E-state index is 0.660. The molecule has 84 valence electrons. The zero-order valence-corrected chi connectivity index (χ0v) is 10.8. The number of hydrogen-bond acceptors (Lipinski definition) is 0. The van der Waals surface area contributed by atoms with Crippen molar-refractivity contribution in [3.63, 3.8) is 0 Å². The average Bonchev–Trinajstić information content (AvgIpc) is 2.11. The van der Waals surface area contributed by atoms with Crippen LogP contribution >= 0.6 is 0 Å². The van der Waals surface area contributed by atoms with Crippen LogP contribution in [-0.2, 0) is 0 Å². The minimum Gasteiger partial charge on any atom is -0.0654 e. The van der Waals surface area contributed by atoms with Gasteiger partial charge >= 0.3 is 0 Å². The van der Waals surface area contributed by atoms with Crippen LogP contribution in [0, 0.1) is 23.2 Å². The first-order valence-corrected chi connectivity index (χ1v) is 6.52. The lowest BCUT2D eigenvalue weighted by molar-refractivity contribution is -0.0626. The van der Waals surface area contributed by atoms with Crippen molar-refractivity contribution in [1.29, 1.82) is 0 Å². The Labute approximate surface area is 90.5 Å². The summed E-state index contributed by atoms with van der Waals surface area (Å²) in [5.74, 6) is 2.86. The second-order valence-corrected chi connectivity index (χ2v) is 5.94. The first-order valence-electron chi connectivity index (χ1n) is 6.52. The van der Waals surface area contributed by atoms with Crippen LogP contribution in [0.15, 0.2) is 0 Å². The highest BCUT2D eigenvalue weighted by Crippen LogP contribution is 2.57. The maximum Gasteiger partial charge on any atom is -0.0269 e. The van der Waals surface area contributed by atoms with Crippen molar-refractivity contribution < 1.29 is 0 Å². The van der Waals surface area contributed by atoms with Gasteiger partial charge in [0.1, 0.15) is 0 Å². The van der Waals surface area contributed by atoms with Gasteiger partial charge in [-0.15, -0.1) is 0 Å². The maximum atomic E-state index is 2.51. The molecular weight excluding hydrogens is 168 g/mol. The van der Waals surface area contributed by atoms with Crippen molar-refractivity contribution in [3.8, 4) is 0 Å². The number of unbranched alkanes of at least 4 members (excludes halogenated alkanes) is 2. The van der Waals surface area contributed by atoms with E-state index in [0.29, 0.717) is 5.41 Å². The Kier molecular flexibility index (Phi) is 4.04. The summed E-state index contributed by atoms with van der Waals surface area (Å²) in [4.78, 5) is 0. The predicted octanol–water partition coefficient (Wildman–Crippen LogP) is 4.89. The molecule has 1 rings (SSSR count). The van der Waals surface area contributed by atoms with E-state index in [1.54, 1.807) is 0 Å². The van der Waals surface area contributed by atoms with Gasteiger partial charge in [-0.05, 0) is 36.0 Å². The lowest BCUT2D eigenvalue weighted by atomic mass is 9.50. The van der Waals surface area contributed by atoms with E-state index in [-0.39, 0.29) is 0 Å². The third kappa shape index (κ3) is 2.15. The molecule has 1 saturated carbocycles. The standard InChI is InChI=1S/C14H28/c1-6-7-8-9-13-12(4)10-14(13,5)11(2)3/h11-13H,6-10H2,1-5H3. The van der Waals surface area contributed by atoms with E-state index < -0.39 is 0 Å². The summed E-state index contributed by atoms with van der Waals surface area (Å²) >= 11 is 0. The highest BCUT2D eigenvalue weighted by atomic mass is 14.5. The van der Waals surface area contributed by atoms with Crippen LogP contribution in [0.4, 0.5) is 0 Å². The lowest BCUT2D eigenvalue weighted by Gasteiger charge is -2.55. The summed E-state index contributed by atoms with van der Waals surface area (Å²) in [5.41, 5.74) is 0.660. The van der Waals surface area contributed by atoms with Crippen molar-refractivity contribution in [1.82, 2.24) is 0 Å². The van der Waals surface area contributed by atoms with E-state index in [4.69, 9.17) is 0 Å². The van der Waals surface area contributed by atoms with E-state index in [2.05, 4.69) is 34.6 Å². The lowest BCUT2D eigenvalue weighted by Crippen LogP contribution is -2.48. The van der Waals surface area contributed by atoms with Gasteiger partial charge in [-0.3, -0.25) is 0 Å². The Balaban J connectivity index is 2.41. The highest BCUT2D eigenvalue weighted by Gasteiger charge is 2.48. The van der Waals surface area contributed by atoms with Crippen molar-refractivity contribution in [2.24, 2.45) is 23.2 Å². The van der Waals surface area contributed by atoms with Gasteiger partial charge in [-0.1, -0.05) is 53.9 Å². The van der Waals surface area contributed by atoms with E-state index in [1.807, 2.05) is 0 Å². The van der Waals surface area contributed by atoms with Gasteiger partial charge in [-0.25, -0.2) is 0 Å². The first kappa shape index (κ1) is 12.1. The molecule has 0 aromatic heterocycles. The van der Waals surface area contributed by atoms with Crippen LogP contribution in [0.3, 0.4) is 0 Å². The van der Waals surface area contributed by atoms with E-state index >= 15 is 0 Å². The highest BCUT2D eigenvalue weighted by molar-refractivity contribution is 4.98. The molecule has 0 heterocycles. The van der Waals surface area contributed by atoms with Crippen LogP contribution in [-0.4, -0.2) is 0 Å². The largest absolute Gasteiger partial charge is 0.0654 e. The van der Waals surface area contributed by atoms with Crippen molar-refractivity contribution in [2.45, 2.75) is 66.7 Å². The molecule has 3 atom stereocenters. The molecule has 1 aliphatic carbocycles. The van der Waals surface area contributed by atoms with Gasteiger partial charge < -0.3 is 0 Å². The normalized spacial score (nSPS) is 37.3. The molecule has 1 fully saturated rings. The second kappa shape index (κ2) is 4.68. The molecule has 0 aromatic rings. The average molecular weight is 196 g/mol. The third-order valence-corrected chi connectivity index (χ3v) is 4.73. The zero-order chi connectivity index (χ0) is 10.8. The van der Waals surface area contributed by atoms with Crippen LogP contribution in [0.2, 0.25) is 0 Å². The summed E-state index contributed by atoms with van der Waals surface area (Å²) in [7, 11) is 0. The molecule has 0 heteroatoms. The number of hydrogen-bond donors (Lipinski definition) is 0. The van der Waals surface area contributed by atoms with Gasteiger partial charge in [-0.2, -0.15) is 0 Å². The van der Waals surface area contributed by atoms with Crippen molar-refractivity contribution in [3.05, 3.63) is 0 Å². The maximum absolute atomic E-state index is 2.51. The molecule has 14 heavy (non-hydrogen) atoms. The molecule has 0 nitrogen and oxygen atoms in total. The molecular formula is C14H28. The fourth-order valence-corrected chi connectivity index (χ4v) is 3.37. The smallest absolute Gasteiger partial charge is 0.0269 e. The van der Waals surface area contributed by atoms with Gasteiger partial charge in [0.25, 0.3) is 0 Å². The molecule has 0 N–H and O–H groups in total. The van der Waals surface area contributed by atoms with E-state index in [9.17, 15) is 0 Å². The Morgan fingerprint density at radius 3 is 2.36 bits per heavy atom. The summed E-state index contributed by atoms with van der Waals surface area (Å²) in [6.07, 6.45) is 7.18. The Bertz CT molecular complexity index is 171. The quantitative estimate of drug-likeness (QED) is 0.549. The first-order chi connectivity index (χ1) is 6.52. The molecule has 0 saturated heterocycles. The van der Waals surface area contributed by atoms with Gasteiger partial charge in [0.15, 0.2) is 0 Å². The molecule has 0 bridgehead atoms. The Morgan fingerprint density at radius 1 is 1.29 bits per heavy atom. The minimum atomic E-state index is 0.660. The molecule has 0 amide bonds. The molecule has 1 aliphatic rings. The van der Waals surface area contributed by atoms with Gasteiger partial charge in [0.05, 0.1) is 0 Å². The van der Waals surface area contributed by atoms with Crippen LogP contribution in [0.1, 0.15) is 66.7 Å². The fraction of sp³-hybridized carbons (Fsp3) is 1.00. The third-order valence-electron chi connectivity index (χ3n) is 4.73. The number of rotatable bonds is 5. The second-order valence-electron chi connectivity index (χ2n) is 5.94. The molecule has 0 aliphatic heterocycles. The monoisotopic (exact) mass is 196 g/mol. The van der Waals surface area contributed by atoms with Crippen molar-refractivity contribution >= 4 is 0 Å². The van der Waals surface area contributed by atoms with Gasteiger partial charge in [0.2, 0.25) is 0 Å². The topological polar surface area (TPSA) is 0 Å². The SMILES string of the molecule is CCCCCC1C(C)CC1(C)C(C)C. The zero-order valence-electron chi connectivity index (χ0n) is 10.8. The summed E-state index contributed by atoms with van der Waals surface area (Å²) in [6.45, 7) is 12.1. The van der Waals surface area contributed by atoms with E-state index in [0.717, 1.165) is 17.8 Å². The molecule has 0 aromatic carbocycles. The Morgan fingerprint density at radius 2 is 1.93 bits per heavy atom. The van der Waals surface area contributed by atoms with Crippen molar-refractivity contribution in [2.75, 3.05) is 0 Å². The van der Waals surface area contributed by atoms with Crippen LogP contribution < -0.4 is 0 Å². The summed E-state index contributed by atoms with van der Waals surface area (Å²) in [6, 6.07) is 0. The van der Waals surface area contributed by atoms with Crippen LogP contribution in [0.5, 0.6) is 0 Å². The predicted molar refractivity (Wildman–Crippen MR) is 64.4 cm³/mol. The fourth-order valence-electron chi connectivity index (χ4n) is 3.37. The van der Waals surface area contributed by atoms with Gasteiger partial charge in [0, 0.05) is 0 Å². The van der Waals surface area contributed by atoms with E-state index in [1.165, 1.54) is 32.1 Å². The molecule has 3 unspecified atom stereocenters. The summed E-state index contributed by atoms with van der Waals surface area (Å²) in [5, 5.41) is 0. The molecule has 0 radical (unpaired) electrons. The molecule has 0 spiro atoms. The van der Waals surface area contributed by atoms with Crippen LogP contribution in [0.25, 0.3) is 0 Å². The summed E-state index contributed by atoms with van der Waals surface area (Å²) < 4.78 is 0. The Hall–Kier alpha value is 0.